The maximum absolute atomic E-state index is 12.3. The van der Waals surface area contributed by atoms with E-state index in [2.05, 4.69) is 22.3 Å². The topological polar surface area (TPSA) is 132 Å². The van der Waals surface area contributed by atoms with Crippen LogP contribution in [-0.4, -0.2) is 43.2 Å². The SMILES string of the molecule is CCCn1c(C)cc(/C=C(\C#N)C(=O)OCC(=O)NNC(=O)c2ccc(OC)c(OC)c2)c1C. The molecule has 0 saturated heterocycles. The smallest absolute Gasteiger partial charge is 0.349 e. The predicted octanol–water partition coefficient (Wildman–Crippen LogP) is 2.44. The second-order valence-corrected chi connectivity index (χ2v) is 7.30. The Hall–Kier alpha value is -4.26. The van der Waals surface area contributed by atoms with Gasteiger partial charge in [0.15, 0.2) is 18.1 Å². The molecule has 1 heterocycles. The maximum atomic E-state index is 12.3. The number of hydrogen-bond acceptors (Lipinski definition) is 7. The van der Waals surface area contributed by atoms with Crippen LogP contribution < -0.4 is 20.3 Å². The normalized spacial score (nSPS) is 10.8. The number of carbonyl (C=O) groups excluding carboxylic acids is 3. The van der Waals surface area contributed by atoms with Gasteiger partial charge in [-0.15, -0.1) is 0 Å². The summed E-state index contributed by atoms with van der Waals surface area (Å²) in [6.07, 6.45) is 2.39. The van der Waals surface area contributed by atoms with Crippen LogP contribution in [0.2, 0.25) is 0 Å². The fourth-order valence-corrected chi connectivity index (χ4v) is 3.25. The van der Waals surface area contributed by atoms with Gasteiger partial charge in [0.2, 0.25) is 0 Å². The lowest BCUT2D eigenvalue weighted by molar-refractivity contribution is -0.144. The zero-order chi connectivity index (χ0) is 25.3. The number of hydrazine groups is 1. The number of hydrogen-bond donors (Lipinski definition) is 2. The van der Waals surface area contributed by atoms with Crippen molar-refractivity contribution in [1.29, 1.82) is 5.26 Å². The van der Waals surface area contributed by atoms with E-state index < -0.39 is 24.4 Å². The zero-order valence-corrected chi connectivity index (χ0v) is 19.9. The van der Waals surface area contributed by atoms with Crippen molar-refractivity contribution in [2.24, 2.45) is 0 Å². The van der Waals surface area contributed by atoms with Gasteiger partial charge in [-0.25, -0.2) is 4.79 Å². The molecule has 0 atom stereocenters. The highest BCUT2D eigenvalue weighted by atomic mass is 16.5. The van der Waals surface area contributed by atoms with Crippen LogP contribution in [0.15, 0.2) is 29.8 Å². The first kappa shape index (κ1) is 26.0. The molecule has 0 fully saturated rings. The number of aromatic nitrogens is 1. The standard InChI is InChI=1S/C24H28N4O6/c1-6-9-28-15(2)10-18(16(28)3)11-19(13-25)24(31)34-14-22(29)26-27-23(30)17-7-8-20(32-4)21(12-17)33-5/h7-8,10-12H,6,9,14H2,1-5H3,(H,26,29)(H,27,30)/b19-11+. The van der Waals surface area contributed by atoms with Crippen molar-refractivity contribution < 1.29 is 28.6 Å². The molecule has 10 heteroatoms. The first-order valence-electron chi connectivity index (χ1n) is 10.5. The molecule has 0 aliphatic carbocycles. The van der Waals surface area contributed by atoms with Crippen molar-refractivity contribution in [3.63, 3.8) is 0 Å². The van der Waals surface area contributed by atoms with Crippen LogP contribution in [0, 0.1) is 25.2 Å². The third-order valence-corrected chi connectivity index (χ3v) is 5.00. The van der Waals surface area contributed by atoms with E-state index in [1.165, 1.54) is 32.4 Å². The second kappa shape index (κ2) is 12.1. The highest BCUT2D eigenvalue weighted by Gasteiger charge is 2.16. The van der Waals surface area contributed by atoms with Gasteiger partial charge >= 0.3 is 5.97 Å². The fraction of sp³-hybridized carbons (Fsp3) is 0.333. The number of carbonyl (C=O) groups is 3. The van der Waals surface area contributed by atoms with Crippen molar-refractivity contribution in [3.05, 3.63) is 52.4 Å². The Labute approximate surface area is 198 Å². The monoisotopic (exact) mass is 468 g/mol. The Bertz CT molecular complexity index is 1140. The molecule has 0 aliphatic heterocycles. The summed E-state index contributed by atoms with van der Waals surface area (Å²) in [6, 6.07) is 8.17. The first-order chi connectivity index (χ1) is 16.2. The number of methoxy groups -OCH3 is 2. The summed E-state index contributed by atoms with van der Waals surface area (Å²) in [6.45, 7) is 6.06. The third-order valence-electron chi connectivity index (χ3n) is 5.00. The van der Waals surface area contributed by atoms with Crippen LogP contribution >= 0.6 is 0 Å². The molecule has 2 N–H and O–H groups in total. The lowest BCUT2D eigenvalue weighted by atomic mass is 10.1. The van der Waals surface area contributed by atoms with E-state index in [4.69, 9.17) is 14.2 Å². The van der Waals surface area contributed by atoms with Gasteiger partial charge in [-0.05, 0) is 56.2 Å². The van der Waals surface area contributed by atoms with E-state index >= 15 is 0 Å². The number of rotatable bonds is 9. The molecule has 0 unspecified atom stereocenters. The van der Waals surface area contributed by atoms with E-state index in [1.54, 1.807) is 6.07 Å². The quantitative estimate of drug-likeness (QED) is 0.250. The number of aryl methyl sites for hydroxylation is 1. The zero-order valence-electron chi connectivity index (χ0n) is 19.9. The van der Waals surface area contributed by atoms with Gasteiger partial charge in [-0.3, -0.25) is 20.4 Å². The number of nitrogens with zero attached hydrogens (tertiary/aromatic N) is 2. The van der Waals surface area contributed by atoms with Crippen molar-refractivity contribution in [2.75, 3.05) is 20.8 Å². The summed E-state index contributed by atoms with van der Waals surface area (Å²) in [4.78, 5) is 36.5. The summed E-state index contributed by atoms with van der Waals surface area (Å²) in [5, 5.41) is 9.37. The van der Waals surface area contributed by atoms with Gasteiger partial charge in [0.25, 0.3) is 11.8 Å². The molecule has 2 amide bonds. The molecule has 1 aromatic carbocycles. The molecule has 0 radical (unpaired) electrons. The van der Waals surface area contributed by atoms with Crippen LogP contribution in [0.5, 0.6) is 11.5 Å². The minimum Gasteiger partial charge on any atom is -0.493 e. The van der Waals surface area contributed by atoms with E-state index in [1.807, 2.05) is 26.0 Å². The predicted molar refractivity (Wildman–Crippen MR) is 124 cm³/mol. The lowest BCUT2D eigenvalue weighted by Crippen LogP contribution is -2.43. The highest BCUT2D eigenvalue weighted by molar-refractivity contribution is 5.99. The molecule has 0 aliphatic rings. The van der Waals surface area contributed by atoms with Gasteiger partial charge in [0, 0.05) is 23.5 Å². The number of esters is 1. The summed E-state index contributed by atoms with van der Waals surface area (Å²) < 4.78 is 17.3. The lowest BCUT2D eigenvalue weighted by Gasteiger charge is -2.11. The van der Waals surface area contributed by atoms with Crippen molar-refractivity contribution in [3.8, 4) is 17.6 Å². The molecule has 2 aromatic rings. The summed E-state index contributed by atoms with van der Waals surface area (Å²) in [5.41, 5.74) is 7.01. The number of amides is 2. The maximum Gasteiger partial charge on any atom is 0.349 e. The molecule has 1 aromatic heterocycles. The summed E-state index contributed by atoms with van der Waals surface area (Å²) in [7, 11) is 2.90. The van der Waals surface area contributed by atoms with Crippen LogP contribution in [0.4, 0.5) is 0 Å². The largest absolute Gasteiger partial charge is 0.493 e. The van der Waals surface area contributed by atoms with Crippen LogP contribution in [0.25, 0.3) is 6.08 Å². The number of ether oxygens (including phenoxy) is 3. The van der Waals surface area contributed by atoms with E-state index in [0.717, 1.165) is 29.9 Å². The minimum atomic E-state index is -0.941. The molecule has 0 saturated carbocycles. The highest BCUT2D eigenvalue weighted by Crippen LogP contribution is 2.27. The average molecular weight is 469 g/mol. The van der Waals surface area contributed by atoms with Crippen molar-refractivity contribution in [2.45, 2.75) is 33.7 Å². The van der Waals surface area contributed by atoms with E-state index in [0.29, 0.717) is 11.5 Å². The average Bonchev–Trinajstić information content (AvgIpc) is 3.11. The number of nitrogens with one attached hydrogen (secondary N) is 2. The molecule has 34 heavy (non-hydrogen) atoms. The Kier molecular flexibility index (Phi) is 9.26. The van der Waals surface area contributed by atoms with Gasteiger partial charge in [-0.2, -0.15) is 5.26 Å². The molecule has 180 valence electrons. The molecule has 0 bridgehead atoms. The van der Waals surface area contributed by atoms with Crippen LogP contribution in [0.1, 0.15) is 40.7 Å². The number of benzene rings is 1. The van der Waals surface area contributed by atoms with E-state index in [-0.39, 0.29) is 11.1 Å². The number of nitriles is 1. The summed E-state index contributed by atoms with van der Waals surface area (Å²) >= 11 is 0. The Morgan fingerprint density at radius 1 is 1.09 bits per heavy atom. The fourth-order valence-electron chi connectivity index (χ4n) is 3.25. The molecular formula is C24H28N4O6. The first-order valence-corrected chi connectivity index (χ1v) is 10.5. The van der Waals surface area contributed by atoms with Crippen molar-refractivity contribution in [1.82, 2.24) is 15.4 Å². The van der Waals surface area contributed by atoms with Gasteiger partial charge in [-0.1, -0.05) is 6.92 Å². The van der Waals surface area contributed by atoms with Crippen LogP contribution in [-0.2, 0) is 20.9 Å². The Morgan fingerprint density at radius 3 is 2.41 bits per heavy atom. The van der Waals surface area contributed by atoms with Gasteiger partial charge < -0.3 is 18.8 Å². The minimum absolute atomic E-state index is 0.213. The second-order valence-electron chi connectivity index (χ2n) is 7.30. The Morgan fingerprint density at radius 2 is 1.79 bits per heavy atom. The van der Waals surface area contributed by atoms with Gasteiger partial charge in [0.1, 0.15) is 11.6 Å². The molecule has 10 nitrogen and oxygen atoms in total. The summed E-state index contributed by atoms with van der Waals surface area (Å²) in [5.74, 6) is -1.53. The third kappa shape index (κ3) is 6.38. The molecular weight excluding hydrogens is 440 g/mol. The van der Waals surface area contributed by atoms with Crippen LogP contribution in [0.3, 0.4) is 0 Å². The molecule has 2 rings (SSSR count). The molecule has 0 spiro atoms. The van der Waals surface area contributed by atoms with E-state index in [9.17, 15) is 19.6 Å². The van der Waals surface area contributed by atoms with Crippen molar-refractivity contribution >= 4 is 23.9 Å². The van der Waals surface area contributed by atoms with Gasteiger partial charge in [0.05, 0.1) is 14.2 Å². The Balaban J connectivity index is 1.94.